The van der Waals surface area contributed by atoms with E-state index in [0.717, 1.165) is 25.1 Å². The Morgan fingerprint density at radius 2 is 2.12 bits per heavy atom. The van der Waals surface area contributed by atoms with Gasteiger partial charge in [-0.15, -0.1) is 0 Å². The molecule has 16 heavy (non-hydrogen) atoms. The molecule has 2 rings (SSSR count). The summed E-state index contributed by atoms with van der Waals surface area (Å²) in [5, 5.41) is 3.35. The van der Waals surface area contributed by atoms with Gasteiger partial charge in [0.2, 0.25) is 0 Å². The Hall–Kier alpha value is -1.13. The molecule has 1 saturated heterocycles. The zero-order valence-corrected chi connectivity index (χ0v) is 9.21. The maximum atomic E-state index is 12.8. The van der Waals surface area contributed by atoms with Gasteiger partial charge in [0, 0.05) is 18.8 Å². The summed E-state index contributed by atoms with van der Waals surface area (Å²) in [6.07, 6.45) is 1.99. The quantitative estimate of drug-likeness (QED) is 0.822. The molecule has 3 N–H and O–H groups in total. The SMILES string of the molecule is NCC1(Nc2ccc(F)cc2)CCCOC1. The minimum absolute atomic E-state index is 0.198. The summed E-state index contributed by atoms with van der Waals surface area (Å²) in [6.45, 7) is 1.93. The Labute approximate surface area is 94.8 Å². The highest BCUT2D eigenvalue weighted by Gasteiger charge is 2.31. The van der Waals surface area contributed by atoms with Crippen LogP contribution in [0, 0.1) is 5.82 Å². The Balaban J connectivity index is 2.08. The van der Waals surface area contributed by atoms with E-state index in [-0.39, 0.29) is 11.4 Å². The first kappa shape index (κ1) is 11.4. The van der Waals surface area contributed by atoms with E-state index in [9.17, 15) is 4.39 Å². The van der Waals surface area contributed by atoms with Crippen LogP contribution in [-0.2, 0) is 4.74 Å². The molecule has 0 bridgehead atoms. The van der Waals surface area contributed by atoms with Crippen molar-refractivity contribution >= 4 is 5.69 Å². The van der Waals surface area contributed by atoms with Crippen LogP contribution in [0.1, 0.15) is 12.8 Å². The van der Waals surface area contributed by atoms with Crippen molar-refractivity contribution < 1.29 is 9.13 Å². The van der Waals surface area contributed by atoms with E-state index in [1.54, 1.807) is 12.1 Å². The van der Waals surface area contributed by atoms with Crippen molar-refractivity contribution in [2.75, 3.05) is 25.1 Å². The third kappa shape index (κ3) is 2.51. The van der Waals surface area contributed by atoms with Gasteiger partial charge in [-0.3, -0.25) is 0 Å². The van der Waals surface area contributed by atoms with E-state index in [1.165, 1.54) is 12.1 Å². The smallest absolute Gasteiger partial charge is 0.123 e. The molecule has 1 aromatic carbocycles. The Bertz CT molecular complexity index is 333. The summed E-state index contributed by atoms with van der Waals surface area (Å²) in [6, 6.07) is 6.33. The van der Waals surface area contributed by atoms with E-state index in [1.807, 2.05) is 0 Å². The monoisotopic (exact) mass is 224 g/mol. The molecule has 0 radical (unpaired) electrons. The van der Waals surface area contributed by atoms with Gasteiger partial charge in [0.1, 0.15) is 5.82 Å². The minimum atomic E-state index is -0.229. The molecule has 88 valence electrons. The number of hydrogen-bond acceptors (Lipinski definition) is 3. The third-order valence-electron chi connectivity index (χ3n) is 2.97. The largest absolute Gasteiger partial charge is 0.379 e. The summed E-state index contributed by atoms with van der Waals surface area (Å²) >= 11 is 0. The van der Waals surface area contributed by atoms with E-state index >= 15 is 0 Å². The second-order valence-electron chi connectivity index (χ2n) is 4.27. The highest BCUT2D eigenvalue weighted by molar-refractivity contribution is 5.45. The van der Waals surface area contributed by atoms with Crippen molar-refractivity contribution in [3.63, 3.8) is 0 Å². The molecule has 4 heteroatoms. The van der Waals surface area contributed by atoms with Crippen LogP contribution in [0.2, 0.25) is 0 Å². The maximum Gasteiger partial charge on any atom is 0.123 e. The average molecular weight is 224 g/mol. The molecule has 1 heterocycles. The Morgan fingerprint density at radius 1 is 1.38 bits per heavy atom. The first-order valence-corrected chi connectivity index (χ1v) is 5.56. The number of anilines is 1. The number of rotatable bonds is 3. The number of benzene rings is 1. The van der Waals surface area contributed by atoms with Gasteiger partial charge >= 0.3 is 0 Å². The second kappa shape index (κ2) is 4.80. The van der Waals surface area contributed by atoms with E-state index in [4.69, 9.17) is 10.5 Å². The lowest BCUT2D eigenvalue weighted by molar-refractivity contribution is 0.0502. The molecule has 1 aliphatic heterocycles. The highest BCUT2D eigenvalue weighted by Crippen LogP contribution is 2.23. The number of nitrogens with two attached hydrogens (primary N) is 1. The summed E-state index contributed by atoms with van der Waals surface area (Å²) in [5.74, 6) is -0.229. The zero-order valence-electron chi connectivity index (χ0n) is 9.21. The van der Waals surface area contributed by atoms with Gasteiger partial charge in [-0.25, -0.2) is 4.39 Å². The van der Waals surface area contributed by atoms with Crippen molar-refractivity contribution in [3.05, 3.63) is 30.1 Å². The zero-order chi connectivity index (χ0) is 11.4. The molecular formula is C12H17FN2O. The van der Waals surface area contributed by atoms with Crippen LogP contribution in [0.3, 0.4) is 0 Å². The van der Waals surface area contributed by atoms with Crippen molar-refractivity contribution in [2.45, 2.75) is 18.4 Å². The third-order valence-corrected chi connectivity index (χ3v) is 2.97. The molecule has 0 saturated carbocycles. The van der Waals surface area contributed by atoms with Gasteiger partial charge in [-0.05, 0) is 37.1 Å². The summed E-state index contributed by atoms with van der Waals surface area (Å²) < 4.78 is 18.2. The molecular weight excluding hydrogens is 207 g/mol. The van der Waals surface area contributed by atoms with Gasteiger partial charge < -0.3 is 15.8 Å². The number of halogens is 1. The van der Waals surface area contributed by atoms with Crippen molar-refractivity contribution in [2.24, 2.45) is 5.73 Å². The molecule has 3 nitrogen and oxygen atoms in total. The Morgan fingerprint density at radius 3 is 2.69 bits per heavy atom. The predicted octanol–water partition coefficient (Wildman–Crippen LogP) is 1.75. The minimum Gasteiger partial charge on any atom is -0.379 e. The molecule has 0 spiro atoms. The predicted molar refractivity (Wildman–Crippen MR) is 61.9 cm³/mol. The first-order valence-electron chi connectivity index (χ1n) is 5.56. The molecule has 1 unspecified atom stereocenters. The second-order valence-corrected chi connectivity index (χ2v) is 4.27. The van der Waals surface area contributed by atoms with Crippen molar-refractivity contribution in [3.8, 4) is 0 Å². The lowest BCUT2D eigenvalue weighted by Crippen LogP contribution is -2.51. The van der Waals surface area contributed by atoms with Crippen molar-refractivity contribution in [1.82, 2.24) is 0 Å². The van der Waals surface area contributed by atoms with Gasteiger partial charge in [-0.2, -0.15) is 0 Å². The lowest BCUT2D eigenvalue weighted by Gasteiger charge is -2.37. The average Bonchev–Trinajstić information content (AvgIpc) is 2.33. The molecule has 1 fully saturated rings. The van der Waals surface area contributed by atoms with Gasteiger partial charge in [0.05, 0.1) is 12.1 Å². The van der Waals surface area contributed by atoms with E-state index < -0.39 is 0 Å². The number of ether oxygens (including phenoxy) is 1. The molecule has 0 aliphatic carbocycles. The van der Waals surface area contributed by atoms with Crippen LogP contribution in [0.25, 0.3) is 0 Å². The summed E-state index contributed by atoms with van der Waals surface area (Å²) in [7, 11) is 0. The molecule has 0 aromatic heterocycles. The van der Waals surface area contributed by atoms with Crippen molar-refractivity contribution in [1.29, 1.82) is 0 Å². The van der Waals surface area contributed by atoms with E-state index in [0.29, 0.717) is 13.2 Å². The van der Waals surface area contributed by atoms with Crippen LogP contribution in [0.5, 0.6) is 0 Å². The van der Waals surface area contributed by atoms with Crippen LogP contribution in [0.15, 0.2) is 24.3 Å². The highest BCUT2D eigenvalue weighted by atomic mass is 19.1. The van der Waals surface area contributed by atoms with Gasteiger partial charge in [-0.1, -0.05) is 0 Å². The normalized spacial score (nSPS) is 25.4. The van der Waals surface area contributed by atoms with Crippen LogP contribution in [0.4, 0.5) is 10.1 Å². The van der Waals surface area contributed by atoms with Gasteiger partial charge in [0.15, 0.2) is 0 Å². The lowest BCUT2D eigenvalue weighted by atomic mass is 9.92. The fourth-order valence-electron chi connectivity index (χ4n) is 2.00. The number of nitrogens with one attached hydrogen (secondary N) is 1. The molecule has 1 atom stereocenters. The summed E-state index contributed by atoms with van der Waals surface area (Å²) in [4.78, 5) is 0. The summed E-state index contributed by atoms with van der Waals surface area (Å²) in [5.41, 5.74) is 6.49. The van der Waals surface area contributed by atoms with Gasteiger partial charge in [0.25, 0.3) is 0 Å². The fourth-order valence-corrected chi connectivity index (χ4v) is 2.00. The maximum absolute atomic E-state index is 12.8. The molecule has 0 amide bonds. The topological polar surface area (TPSA) is 47.3 Å². The Kier molecular flexibility index (Phi) is 3.41. The van der Waals surface area contributed by atoms with Crippen LogP contribution in [-0.4, -0.2) is 25.3 Å². The molecule has 1 aliphatic rings. The van der Waals surface area contributed by atoms with Crippen LogP contribution < -0.4 is 11.1 Å². The van der Waals surface area contributed by atoms with Crippen LogP contribution >= 0.6 is 0 Å². The number of hydrogen-bond donors (Lipinski definition) is 2. The van der Waals surface area contributed by atoms with E-state index in [2.05, 4.69) is 5.32 Å². The standard InChI is InChI=1S/C12H17FN2O/c13-10-2-4-11(5-3-10)15-12(8-14)6-1-7-16-9-12/h2-5,15H,1,6-9,14H2. The molecule has 1 aromatic rings. The first-order chi connectivity index (χ1) is 7.74. The fraction of sp³-hybridized carbons (Fsp3) is 0.500.